The van der Waals surface area contributed by atoms with Crippen LogP contribution in [0.25, 0.3) is 0 Å². The molecule has 15 aliphatic rings. The highest BCUT2D eigenvalue weighted by Crippen LogP contribution is 2.51. The average molecular weight is 2090 g/mol. The number of ether oxygens (including phenoxy) is 10. The summed E-state index contributed by atoms with van der Waals surface area (Å²) in [4.78, 5) is 183. The van der Waals surface area contributed by atoms with Gasteiger partial charge in [-0.2, -0.15) is 0 Å². The first-order valence-electron chi connectivity index (χ1n) is 52.1. The van der Waals surface area contributed by atoms with Gasteiger partial charge in [0.2, 0.25) is 27.4 Å². The number of piperazine rings is 4. The van der Waals surface area contributed by atoms with Crippen molar-refractivity contribution in [2.45, 2.75) is 239 Å². The number of nitrogens with one attached hydrogen (secondary N) is 2. The minimum absolute atomic E-state index is 0.0130. The van der Waals surface area contributed by atoms with Crippen LogP contribution < -0.4 is 25.8 Å². The number of hydrogen-bond acceptors (Lipinski definition) is 28. The lowest BCUT2D eigenvalue weighted by atomic mass is 9.76. The number of carboxylic acids is 1. The van der Waals surface area contributed by atoms with Crippen LogP contribution >= 0.6 is 34.8 Å². The Bertz CT molecular complexity index is 5210. The number of hydrogen-bond donors (Lipinski definition) is 4. The Morgan fingerprint density at radius 2 is 0.815 bits per heavy atom. The average Bonchev–Trinajstić information content (AvgIpc) is 1.62. The Hall–Kier alpha value is -9.54. The Labute approximate surface area is 869 Å². The largest absolute Gasteiger partial charge is 0.481 e. The number of nitrogens with zero attached hydrogens (tertiary/aromatic N) is 9. The van der Waals surface area contributed by atoms with Crippen LogP contribution in [0.5, 0.6) is 11.5 Å². The SMILES string of the molecule is CC(Cc1ccc(OC(=O)C2C(C(=O)N3CCN(C)CC3)[C@@H]3CC[C@H]2O3)cc1)NC(=O)OC(C)(C)C.CC(N)Cc1ccc(OC(=O)C2C(C(=O)N3CCN(C)CC3)[C@@H]3CC[C@H]2O3)cc1.CC1(c2ccccc2)NC(=O)N(CCCC(=O)C2C(C(=O)O)[C@H]3CC[C@@H]2O3)C1=O.CCCN1CCN(C(=O)C2C(C(=O)OCc3ccccc3)[C@H]3CC[C@@H]2O3)CC1.CN1CCN(C(=O)C2C(C(=O)OCC(Cl)(Cl)Cl)[C@H]3CC[C@@H]2O3)CC1. The van der Waals surface area contributed by atoms with E-state index in [0.29, 0.717) is 82.0 Å². The summed E-state index contributed by atoms with van der Waals surface area (Å²) in [7, 11) is 6.13. The van der Waals surface area contributed by atoms with Crippen molar-refractivity contribution in [1.29, 1.82) is 0 Å². The number of urea groups is 1. The quantitative estimate of drug-likeness (QED) is 0.0142. The van der Waals surface area contributed by atoms with Crippen LogP contribution in [0.4, 0.5) is 9.59 Å². The second kappa shape index (κ2) is 49.0. The Kier molecular flexibility index (Phi) is 37.2. The third-order valence-electron chi connectivity index (χ3n) is 31.1. The Balaban J connectivity index is 0.000000138. The number of alkyl carbamates (subject to hydrolysis) is 1. The molecule has 146 heavy (non-hydrogen) atoms. The molecule has 13 unspecified atom stereocenters. The summed E-state index contributed by atoms with van der Waals surface area (Å²) >= 11 is 16.9. The summed E-state index contributed by atoms with van der Waals surface area (Å²) in [6.45, 7) is 26.7. The number of benzene rings is 4. The summed E-state index contributed by atoms with van der Waals surface area (Å²) in [5.74, 6) is -7.42. The van der Waals surface area contributed by atoms with Gasteiger partial charge < -0.3 is 103 Å². The number of carbonyl (C=O) groups is 13. The molecule has 39 heteroatoms. The summed E-state index contributed by atoms with van der Waals surface area (Å²) in [5.41, 5.74) is 7.90. The normalized spacial score (nSPS) is 30.5. The van der Waals surface area contributed by atoms with E-state index in [1.54, 1.807) is 55.5 Å². The van der Waals surface area contributed by atoms with Crippen LogP contribution in [0.15, 0.2) is 109 Å². The van der Waals surface area contributed by atoms with Gasteiger partial charge in [0.25, 0.3) is 5.91 Å². The van der Waals surface area contributed by atoms with Gasteiger partial charge in [-0.1, -0.05) is 127 Å². The van der Waals surface area contributed by atoms with Gasteiger partial charge in [-0.05, 0) is 206 Å². The molecule has 23 atom stereocenters. The molecule has 4 aromatic rings. The van der Waals surface area contributed by atoms with Crippen LogP contribution in [0.1, 0.15) is 154 Å². The van der Waals surface area contributed by atoms with Crippen LogP contribution in [0.2, 0.25) is 0 Å². The van der Waals surface area contributed by atoms with E-state index < -0.39 is 98.2 Å². The summed E-state index contributed by atoms with van der Waals surface area (Å²) in [6.07, 6.45) is 7.94. The van der Waals surface area contributed by atoms with Crippen molar-refractivity contribution in [3.8, 4) is 11.5 Å². The van der Waals surface area contributed by atoms with Crippen LogP contribution in [0, 0.1) is 59.2 Å². The number of aliphatic carboxylic acids is 1. The highest BCUT2D eigenvalue weighted by Gasteiger charge is 2.63. The van der Waals surface area contributed by atoms with Crippen molar-refractivity contribution in [2.24, 2.45) is 64.9 Å². The summed E-state index contributed by atoms with van der Waals surface area (Å²) in [6, 6.07) is 32.8. The number of imide groups is 1. The fourth-order valence-corrected chi connectivity index (χ4v) is 23.7. The molecule has 4 aromatic carbocycles. The molecule has 0 radical (unpaired) electrons. The van der Waals surface area contributed by atoms with Crippen molar-refractivity contribution in [3.63, 3.8) is 0 Å². The van der Waals surface area contributed by atoms with Crippen molar-refractivity contribution < 1.29 is 115 Å². The maximum Gasteiger partial charge on any atom is 0.407 e. The fourth-order valence-electron chi connectivity index (χ4n) is 23.6. The lowest BCUT2D eigenvalue weighted by Crippen LogP contribution is -2.53. The second-order valence-corrected chi connectivity index (χ2v) is 45.4. The maximum atomic E-state index is 13.3. The smallest absolute Gasteiger partial charge is 0.407 e. The van der Waals surface area contributed by atoms with Crippen molar-refractivity contribution >= 4 is 112 Å². The zero-order valence-electron chi connectivity index (χ0n) is 85.4. The number of ketones is 1. The van der Waals surface area contributed by atoms with Gasteiger partial charge in [0.15, 0.2) is 0 Å². The molecule has 15 heterocycles. The van der Waals surface area contributed by atoms with Crippen LogP contribution in [-0.2, 0) is 116 Å². The molecule has 0 aliphatic carbocycles. The van der Waals surface area contributed by atoms with Gasteiger partial charge >= 0.3 is 42.0 Å². The second-order valence-electron chi connectivity index (χ2n) is 42.9. The number of rotatable bonds is 27. The molecule has 36 nitrogen and oxygen atoms in total. The van der Waals surface area contributed by atoms with Gasteiger partial charge in [0.1, 0.15) is 41.6 Å². The summed E-state index contributed by atoms with van der Waals surface area (Å²) in [5, 5.41) is 15.0. The maximum absolute atomic E-state index is 13.3. The number of esters is 4. The number of nitrogens with two attached hydrogens (primary N) is 1. The van der Waals surface area contributed by atoms with Crippen molar-refractivity contribution in [2.75, 3.05) is 146 Å². The van der Waals surface area contributed by atoms with Gasteiger partial charge in [-0.3, -0.25) is 62.5 Å². The van der Waals surface area contributed by atoms with E-state index >= 15 is 0 Å². The molecule has 8 amide bonds. The van der Waals surface area contributed by atoms with Crippen molar-refractivity contribution in [3.05, 3.63) is 131 Å². The summed E-state index contributed by atoms with van der Waals surface area (Å²) < 4.78 is 55.2. The molecule has 15 fully saturated rings. The number of carboxylic acid groups (broad SMARTS) is 1. The van der Waals surface area contributed by atoms with Crippen molar-refractivity contribution in [1.82, 2.24) is 54.7 Å². The molecule has 0 spiro atoms. The number of amides is 8. The molecular weight excluding hydrogens is 1940 g/mol. The number of carbonyl (C=O) groups excluding carboxylic acids is 12. The van der Waals surface area contributed by atoms with Crippen LogP contribution in [-0.4, -0.2) is 355 Å². The molecule has 0 saturated carbocycles. The molecule has 19 rings (SSSR count). The van der Waals surface area contributed by atoms with Crippen LogP contribution in [0.3, 0.4) is 0 Å². The van der Waals surface area contributed by atoms with E-state index in [4.69, 9.17) is 87.9 Å². The minimum atomic E-state index is -1.66. The monoisotopic (exact) mass is 2090 g/mol. The molecule has 15 aliphatic heterocycles. The molecule has 5 N–H and O–H groups in total. The van der Waals surface area contributed by atoms with E-state index in [9.17, 15) is 67.4 Å². The molecule has 15 saturated heterocycles. The van der Waals surface area contributed by atoms with E-state index in [2.05, 4.69) is 44.2 Å². The first kappa shape index (κ1) is 111. The first-order valence-corrected chi connectivity index (χ1v) is 53.3. The molecular formula is C107H145Cl3N12O24. The molecule has 0 aromatic heterocycles. The number of likely N-dealkylation sites (N-methyl/N-ethyl adjacent to an activating group) is 3. The highest BCUT2D eigenvalue weighted by molar-refractivity contribution is 6.67. The zero-order chi connectivity index (χ0) is 104. The number of alkyl halides is 3. The van der Waals surface area contributed by atoms with Gasteiger partial charge in [0, 0.05) is 130 Å². The lowest BCUT2D eigenvalue weighted by molar-refractivity contribution is -0.157. The number of Topliss-reactive ketones (excluding diaryl/α,β-unsaturated/α-hetero) is 1. The van der Waals surface area contributed by atoms with Gasteiger partial charge in [-0.15, -0.1) is 0 Å². The fraction of sp³-hybridized carbons (Fsp3) is 0.654. The van der Waals surface area contributed by atoms with Gasteiger partial charge in [0.05, 0.1) is 120 Å². The number of fused-ring (bicyclic) bond motifs is 10. The minimum Gasteiger partial charge on any atom is -0.481 e. The van der Waals surface area contributed by atoms with Gasteiger partial charge in [-0.25, -0.2) is 9.59 Å². The third-order valence-corrected chi connectivity index (χ3v) is 31.4. The number of halogens is 3. The Morgan fingerprint density at radius 3 is 1.19 bits per heavy atom. The molecule has 10 bridgehead atoms. The first-order chi connectivity index (χ1) is 69.7. The predicted octanol–water partition coefficient (Wildman–Crippen LogP) is 8.89. The van der Waals surface area contributed by atoms with E-state index in [1.807, 2.05) is 129 Å². The predicted molar refractivity (Wildman–Crippen MR) is 537 cm³/mol. The topological polar surface area (TPSA) is 414 Å². The molecule has 798 valence electrons. The lowest BCUT2D eigenvalue weighted by Gasteiger charge is -2.37. The standard InChI is InChI=1S/C27H39N3O6.C22H31N3O4.C22H30N2O4.C21H24N2O6.C15H21Cl3N2O4/c1-17(28-26(33)36-27(2,3)4)16-18-6-8-19(9-7-18)34-25(32)23-21-11-10-20(35-21)22(23)24(31)30-14-12-29(5)13-15-30;1-14(23)13-15-3-5-16(6-4-15)28-22(27)20-18-8-7-17(29-18)19(20)21(26)25-11-9-24(2)10-12-25;1-2-10-23-11-13-24(14-12-23)21(25)19-17-8-9-18(28-17)20(19)22(26)27-15-16-6-4-3-5-7-16;1-21(12-6-3-2-4-7-12)19(27)23(20(28)22-21)11-5-8-13(24)16-14-9-10-15(29-14)17(16)18(25)26;1-19-4-6-20(7-5-19)13(21)11-9-2-3-10(24-9)12(11)14(22)23-8-15(16,17)18/h6-9,17,20-23H,10-16H2,1-5H3,(H,28,33);3-6,14,17-20H,7-13,23H2,1-2H3;3-7,17-20H,2,8-15H2,1H3;2-4,6-7,14-17H,5,8-11H2,1H3,(H,22,28)(H,25,26);9-12H,2-8H2,1H3/t17?,20-,21+,22?,23?;14?,17-,18+,19?,20?;17-,18+,19?,20?;14-,15+,16?,17?,21?;9-,10+,11?,12?/m00000/s1. The van der Waals surface area contributed by atoms with E-state index in [1.165, 1.54) is 0 Å². The third kappa shape index (κ3) is 27.1. The zero-order valence-corrected chi connectivity index (χ0v) is 87.7. The van der Waals surface area contributed by atoms with E-state index in [-0.39, 0.29) is 152 Å². The highest BCUT2D eigenvalue weighted by atomic mass is 35.6. The van der Waals surface area contributed by atoms with E-state index in [0.717, 1.165) is 158 Å². The Morgan fingerprint density at radius 1 is 0.459 bits per heavy atom.